The van der Waals surface area contributed by atoms with Crippen molar-refractivity contribution in [1.29, 1.82) is 0 Å². The molecule has 1 atom stereocenters. The molecule has 0 saturated carbocycles. The summed E-state index contributed by atoms with van der Waals surface area (Å²) in [6.07, 6.45) is 0. The van der Waals surface area contributed by atoms with E-state index in [0.29, 0.717) is 0 Å². The summed E-state index contributed by atoms with van der Waals surface area (Å²) in [7, 11) is -2.37. The Bertz CT molecular complexity index is 173. The van der Waals surface area contributed by atoms with Gasteiger partial charge in [0.05, 0.1) is 9.68 Å². The summed E-state index contributed by atoms with van der Waals surface area (Å²) in [5.41, 5.74) is 0. The summed E-state index contributed by atoms with van der Waals surface area (Å²) in [5.74, 6) is 0. The molecular weight excluding hydrogens is 279 g/mol. The summed E-state index contributed by atoms with van der Waals surface area (Å²) < 4.78 is 3.94. The zero-order chi connectivity index (χ0) is 10.9. The summed E-state index contributed by atoms with van der Waals surface area (Å²) in [5, 5.41) is 0. The minimum Gasteiger partial charge on any atom is -0.329 e. The molecular formula is C5H17Cl3N2Si3. The second-order valence-electron chi connectivity index (χ2n) is 3.61. The first-order valence-electron chi connectivity index (χ1n) is 4.19. The monoisotopic (exact) mass is 294 g/mol. The Kier molecular flexibility index (Phi) is 5.53. The van der Waals surface area contributed by atoms with E-state index in [9.17, 15) is 0 Å². The van der Waals surface area contributed by atoms with Crippen molar-refractivity contribution in [1.82, 2.24) is 7.98 Å². The maximum absolute atomic E-state index is 6.47. The highest BCUT2D eigenvalue weighted by molar-refractivity contribution is 7.31. The minimum absolute atomic E-state index is 0.266. The van der Waals surface area contributed by atoms with Crippen LogP contribution in [-0.2, 0) is 0 Å². The van der Waals surface area contributed by atoms with Gasteiger partial charge in [0.15, 0.2) is 0 Å². The van der Waals surface area contributed by atoms with Gasteiger partial charge in [-0.1, -0.05) is 6.55 Å². The Balaban J connectivity index is 4.63. The molecule has 0 aromatic rings. The van der Waals surface area contributed by atoms with Gasteiger partial charge >= 0.3 is 7.71 Å². The predicted octanol–water partition coefficient (Wildman–Crippen LogP) is 2.25. The lowest BCUT2D eigenvalue weighted by Crippen LogP contribution is -2.62. The standard InChI is InChI=1S/C5H17Cl3N2Si3/c1-9(11-2)13(5,8)10(6)12(3,4)7/h11H2,1-5H3. The summed E-state index contributed by atoms with van der Waals surface area (Å²) >= 11 is 18.9. The number of rotatable bonds is 4. The predicted molar refractivity (Wildman–Crippen MR) is 70.7 cm³/mol. The van der Waals surface area contributed by atoms with Crippen LogP contribution in [0.15, 0.2) is 0 Å². The van der Waals surface area contributed by atoms with Crippen molar-refractivity contribution in [2.75, 3.05) is 7.05 Å². The second-order valence-corrected chi connectivity index (χ2v) is 18.4. The van der Waals surface area contributed by atoms with Crippen LogP contribution in [0.1, 0.15) is 0 Å². The van der Waals surface area contributed by atoms with Gasteiger partial charge in [-0.2, -0.15) is 0 Å². The number of hydrogen-bond donors (Lipinski definition) is 0. The normalized spacial score (nSPS) is 18.9. The molecule has 0 aromatic carbocycles. The van der Waals surface area contributed by atoms with Crippen LogP contribution < -0.4 is 0 Å². The summed E-state index contributed by atoms with van der Waals surface area (Å²) in [6.45, 7) is 8.19. The van der Waals surface area contributed by atoms with E-state index in [-0.39, 0.29) is 9.68 Å². The van der Waals surface area contributed by atoms with E-state index in [1.54, 1.807) is 3.75 Å². The molecule has 0 spiro atoms. The molecule has 80 valence electrons. The smallest absolute Gasteiger partial charge is 0.305 e. The van der Waals surface area contributed by atoms with E-state index in [4.69, 9.17) is 33.9 Å². The van der Waals surface area contributed by atoms with Crippen LogP contribution in [0.2, 0.25) is 26.2 Å². The first-order valence-corrected chi connectivity index (χ1v) is 13.9. The highest BCUT2D eigenvalue weighted by Crippen LogP contribution is 2.29. The van der Waals surface area contributed by atoms with Crippen LogP contribution in [-0.4, -0.2) is 40.0 Å². The Morgan fingerprint density at radius 3 is 1.77 bits per heavy atom. The van der Waals surface area contributed by atoms with Crippen molar-refractivity contribution in [2.24, 2.45) is 0 Å². The third-order valence-electron chi connectivity index (χ3n) is 2.00. The molecule has 0 heterocycles. The topological polar surface area (TPSA) is 6.48 Å². The SMILES string of the molecule is C[SiH2]N(C)[Si](C)(Cl)N(Cl)[Si](C)(C)Cl. The van der Waals surface area contributed by atoms with Crippen molar-refractivity contribution in [3.05, 3.63) is 0 Å². The number of nitrogens with zero attached hydrogens (tertiary/aromatic N) is 2. The third kappa shape index (κ3) is 3.83. The molecule has 0 saturated heterocycles. The Hall–Kier alpha value is 1.44. The van der Waals surface area contributed by atoms with Gasteiger partial charge in [0.1, 0.15) is 0 Å². The summed E-state index contributed by atoms with van der Waals surface area (Å²) in [6, 6.07) is 0. The lowest BCUT2D eigenvalue weighted by atomic mass is 11.6. The van der Waals surface area contributed by atoms with Gasteiger partial charge in [-0.25, -0.2) is 3.75 Å². The third-order valence-corrected chi connectivity index (χ3v) is 17.9. The first-order chi connectivity index (χ1) is 5.64. The van der Waals surface area contributed by atoms with Crippen LogP contribution in [0.25, 0.3) is 0 Å². The highest BCUT2D eigenvalue weighted by Gasteiger charge is 2.44. The maximum atomic E-state index is 6.47. The molecule has 2 nitrogen and oxygen atoms in total. The average Bonchev–Trinajstić information content (AvgIpc) is 1.99. The molecule has 0 amide bonds. The first kappa shape index (κ1) is 14.4. The van der Waals surface area contributed by atoms with Crippen LogP contribution in [0.5, 0.6) is 0 Å². The van der Waals surface area contributed by atoms with Crippen molar-refractivity contribution < 1.29 is 0 Å². The Morgan fingerprint density at radius 1 is 1.15 bits per heavy atom. The number of halogens is 3. The molecule has 0 aliphatic heterocycles. The fourth-order valence-corrected chi connectivity index (χ4v) is 14.3. The number of hydrogen-bond acceptors (Lipinski definition) is 2. The van der Waals surface area contributed by atoms with E-state index in [2.05, 4.69) is 10.8 Å². The van der Waals surface area contributed by atoms with E-state index in [1.165, 1.54) is 0 Å². The molecule has 0 fully saturated rings. The molecule has 1 unspecified atom stereocenters. The fraction of sp³-hybridized carbons (Fsp3) is 1.00. The van der Waals surface area contributed by atoms with Crippen LogP contribution in [0.4, 0.5) is 0 Å². The average molecular weight is 296 g/mol. The largest absolute Gasteiger partial charge is 0.329 e. The Labute approximate surface area is 99.8 Å². The van der Waals surface area contributed by atoms with Crippen molar-refractivity contribution in [3.8, 4) is 0 Å². The van der Waals surface area contributed by atoms with E-state index < -0.39 is 15.3 Å². The minimum atomic E-state index is -2.15. The van der Waals surface area contributed by atoms with Gasteiger partial charge in [0, 0.05) is 0 Å². The molecule has 0 aromatic heterocycles. The van der Waals surface area contributed by atoms with Crippen molar-refractivity contribution >= 4 is 58.9 Å². The zero-order valence-electron chi connectivity index (χ0n) is 8.74. The molecule has 0 radical (unpaired) electrons. The Morgan fingerprint density at radius 2 is 1.54 bits per heavy atom. The van der Waals surface area contributed by atoms with Crippen molar-refractivity contribution in [3.63, 3.8) is 0 Å². The van der Waals surface area contributed by atoms with Gasteiger partial charge in [-0.3, -0.25) is 0 Å². The lowest BCUT2D eigenvalue weighted by molar-refractivity contribution is 0.749. The van der Waals surface area contributed by atoms with Crippen molar-refractivity contribution in [2.45, 2.75) is 26.2 Å². The molecule has 0 aliphatic rings. The van der Waals surface area contributed by atoms with E-state index in [1.807, 2.05) is 26.7 Å². The lowest BCUT2D eigenvalue weighted by Gasteiger charge is -2.40. The van der Waals surface area contributed by atoms with Crippen LogP contribution in [0.3, 0.4) is 0 Å². The molecule has 0 rings (SSSR count). The molecule has 0 bridgehead atoms. The van der Waals surface area contributed by atoms with Gasteiger partial charge in [-0.15, -0.1) is 22.2 Å². The molecule has 0 N–H and O–H groups in total. The molecule has 0 aliphatic carbocycles. The van der Waals surface area contributed by atoms with E-state index in [0.717, 1.165) is 0 Å². The van der Waals surface area contributed by atoms with E-state index >= 15 is 0 Å². The van der Waals surface area contributed by atoms with Gasteiger partial charge < -0.3 is 4.23 Å². The van der Waals surface area contributed by atoms with Gasteiger partial charge in [-0.05, 0) is 38.5 Å². The summed E-state index contributed by atoms with van der Waals surface area (Å²) in [4.78, 5) is 0. The van der Waals surface area contributed by atoms with Gasteiger partial charge in [0.25, 0.3) is 0 Å². The van der Waals surface area contributed by atoms with Crippen LogP contribution in [0, 0.1) is 0 Å². The fourth-order valence-electron chi connectivity index (χ4n) is 0.924. The zero-order valence-corrected chi connectivity index (χ0v) is 14.4. The highest BCUT2D eigenvalue weighted by atomic mass is 35.6. The van der Waals surface area contributed by atoms with Gasteiger partial charge in [0.2, 0.25) is 7.55 Å². The molecule has 8 heteroatoms. The molecule has 13 heavy (non-hydrogen) atoms. The van der Waals surface area contributed by atoms with Crippen LogP contribution >= 0.6 is 33.9 Å². The second kappa shape index (κ2) is 4.98. The quantitative estimate of drug-likeness (QED) is 0.446. The maximum Gasteiger partial charge on any atom is 0.305 e.